The third kappa shape index (κ3) is 2.80. The van der Waals surface area contributed by atoms with E-state index in [1.165, 1.54) is 0 Å². The molecule has 0 fully saturated rings. The molecule has 0 saturated heterocycles. The molecule has 0 radical (unpaired) electrons. The fraction of sp³-hybridized carbons (Fsp3) is 0.158. The van der Waals surface area contributed by atoms with Crippen molar-refractivity contribution in [3.05, 3.63) is 56.8 Å². The predicted molar refractivity (Wildman–Crippen MR) is 107 cm³/mol. The third-order valence-electron chi connectivity index (χ3n) is 4.39. The van der Waals surface area contributed by atoms with Gasteiger partial charge in [-0.3, -0.25) is 9.78 Å². The molecule has 0 unspecified atom stereocenters. The fourth-order valence-electron chi connectivity index (χ4n) is 3.23. The second-order valence-electron chi connectivity index (χ2n) is 6.04. The van der Waals surface area contributed by atoms with Gasteiger partial charge < -0.3 is 15.8 Å². The van der Waals surface area contributed by atoms with Crippen LogP contribution in [0.4, 0.5) is 11.4 Å². The normalized spacial score (nSPS) is 12.7. The average molecular weight is 445 g/mol. The van der Waals surface area contributed by atoms with Crippen LogP contribution >= 0.6 is 22.6 Å². The van der Waals surface area contributed by atoms with Crippen LogP contribution in [0.1, 0.15) is 21.5 Å². The van der Waals surface area contributed by atoms with Crippen LogP contribution in [0, 0.1) is 10.5 Å². The molecule has 0 bridgehead atoms. The second kappa shape index (κ2) is 6.18. The summed E-state index contributed by atoms with van der Waals surface area (Å²) in [6.07, 6.45) is 2.39. The molecule has 0 atom stereocenters. The van der Waals surface area contributed by atoms with Gasteiger partial charge in [0.1, 0.15) is 5.75 Å². The van der Waals surface area contributed by atoms with Crippen molar-refractivity contribution in [1.82, 2.24) is 4.98 Å². The number of hydrogen-bond donors (Lipinski definition) is 2. The number of anilines is 2. The summed E-state index contributed by atoms with van der Waals surface area (Å²) >= 11 is 2.27. The summed E-state index contributed by atoms with van der Waals surface area (Å²) in [4.78, 5) is 16.4. The van der Waals surface area contributed by atoms with E-state index in [1.54, 1.807) is 6.20 Å². The van der Waals surface area contributed by atoms with Gasteiger partial charge in [-0.05, 0) is 59.3 Å². The lowest BCUT2D eigenvalue weighted by Crippen LogP contribution is -2.14. The highest BCUT2D eigenvalue weighted by atomic mass is 127. The molecule has 0 spiro atoms. The monoisotopic (exact) mass is 445 g/mol. The van der Waals surface area contributed by atoms with Crippen LogP contribution in [0.3, 0.4) is 0 Å². The van der Waals surface area contributed by atoms with E-state index in [4.69, 9.17) is 10.5 Å². The summed E-state index contributed by atoms with van der Waals surface area (Å²) < 4.78 is 6.71. The number of nitrogens with two attached hydrogens (primary N) is 1. The quantitative estimate of drug-likeness (QED) is 0.600. The topological polar surface area (TPSA) is 77.2 Å². The largest absolute Gasteiger partial charge is 0.493 e. The molecular formula is C19H16IN3O2. The van der Waals surface area contributed by atoms with Crippen molar-refractivity contribution in [2.45, 2.75) is 13.3 Å². The first-order valence-corrected chi connectivity index (χ1v) is 9.03. The Kier molecular flexibility index (Phi) is 3.99. The average Bonchev–Trinajstić information content (AvgIpc) is 3.04. The number of benzene rings is 2. The Morgan fingerprint density at radius 2 is 2.20 bits per heavy atom. The number of ether oxygens (including phenoxy) is 1. The minimum absolute atomic E-state index is 0.380. The summed E-state index contributed by atoms with van der Waals surface area (Å²) in [7, 11) is 0. The van der Waals surface area contributed by atoms with E-state index in [0.29, 0.717) is 17.9 Å². The number of amides is 1. The van der Waals surface area contributed by atoms with Crippen molar-refractivity contribution in [1.29, 1.82) is 0 Å². The summed E-state index contributed by atoms with van der Waals surface area (Å²) in [6, 6.07) is 9.97. The Morgan fingerprint density at radius 3 is 3.00 bits per heavy atom. The zero-order valence-corrected chi connectivity index (χ0v) is 15.8. The van der Waals surface area contributed by atoms with Crippen molar-refractivity contribution in [2.75, 3.05) is 11.9 Å². The number of primary amides is 1. The number of nitrogens with zero attached hydrogens (tertiary/aromatic N) is 1. The molecule has 2 aromatic carbocycles. The molecule has 3 aromatic rings. The lowest BCUT2D eigenvalue weighted by molar-refractivity contribution is 0.100. The molecule has 2 heterocycles. The van der Waals surface area contributed by atoms with Crippen LogP contribution in [0.5, 0.6) is 5.75 Å². The van der Waals surface area contributed by atoms with Gasteiger partial charge in [0.15, 0.2) is 0 Å². The molecule has 1 aliphatic rings. The maximum atomic E-state index is 12.0. The van der Waals surface area contributed by atoms with E-state index in [9.17, 15) is 4.79 Å². The number of hydrogen-bond acceptors (Lipinski definition) is 4. The van der Waals surface area contributed by atoms with E-state index < -0.39 is 5.91 Å². The van der Waals surface area contributed by atoms with Gasteiger partial charge in [-0.1, -0.05) is 6.07 Å². The molecule has 6 heteroatoms. The predicted octanol–water partition coefficient (Wildman–Crippen LogP) is 3.93. The van der Waals surface area contributed by atoms with E-state index in [-0.39, 0.29) is 0 Å². The second-order valence-corrected chi connectivity index (χ2v) is 7.28. The van der Waals surface area contributed by atoms with Gasteiger partial charge >= 0.3 is 0 Å². The van der Waals surface area contributed by atoms with Crippen LogP contribution in [-0.2, 0) is 6.42 Å². The lowest BCUT2D eigenvalue weighted by atomic mass is 10.0. The molecular weight excluding hydrogens is 429 g/mol. The molecule has 4 rings (SSSR count). The molecule has 3 N–H and O–H groups in total. The summed E-state index contributed by atoms with van der Waals surface area (Å²) in [5, 5.41) is 4.31. The molecule has 5 nitrogen and oxygen atoms in total. The zero-order valence-electron chi connectivity index (χ0n) is 13.6. The van der Waals surface area contributed by atoms with Crippen molar-refractivity contribution >= 4 is 50.8 Å². The Balaban J connectivity index is 1.95. The lowest BCUT2D eigenvalue weighted by Gasteiger charge is -2.16. The molecule has 25 heavy (non-hydrogen) atoms. The summed E-state index contributed by atoms with van der Waals surface area (Å²) in [5.41, 5.74) is 10.6. The van der Waals surface area contributed by atoms with E-state index >= 15 is 0 Å². The first kappa shape index (κ1) is 16.1. The van der Waals surface area contributed by atoms with Gasteiger partial charge in [-0.15, -0.1) is 0 Å². The van der Waals surface area contributed by atoms with Crippen LogP contribution in [0.15, 0.2) is 36.5 Å². The standard InChI is InChI=1S/C19H16IN3O2/c1-10-7-11(20)8-13-17(10)22-9-14(19(21)24)18(13)23-15-3-2-4-16-12(15)5-6-25-16/h2-4,7-9H,5-6H2,1H3,(H2,21,24)(H,22,23). The summed E-state index contributed by atoms with van der Waals surface area (Å²) in [6.45, 7) is 2.68. The van der Waals surface area contributed by atoms with Crippen molar-refractivity contribution in [3.8, 4) is 5.75 Å². The van der Waals surface area contributed by atoms with E-state index in [2.05, 4.69) is 39.0 Å². The maximum absolute atomic E-state index is 12.0. The minimum atomic E-state index is -0.503. The molecule has 1 aliphatic heterocycles. The van der Waals surface area contributed by atoms with Gasteiger partial charge in [-0.2, -0.15) is 0 Å². The number of carbonyl (C=O) groups excluding carboxylic acids is 1. The highest BCUT2D eigenvalue weighted by Gasteiger charge is 2.19. The number of halogens is 1. The minimum Gasteiger partial charge on any atom is -0.493 e. The SMILES string of the molecule is Cc1cc(I)cc2c(Nc3cccc4c3CCO4)c(C(N)=O)cnc12. The van der Waals surface area contributed by atoms with E-state index in [1.807, 2.05) is 31.2 Å². The maximum Gasteiger partial charge on any atom is 0.252 e. The highest BCUT2D eigenvalue weighted by Crippen LogP contribution is 2.37. The summed E-state index contributed by atoms with van der Waals surface area (Å²) in [5.74, 6) is 0.381. The Hall–Kier alpha value is -2.35. The number of nitrogens with one attached hydrogen (secondary N) is 1. The third-order valence-corrected chi connectivity index (χ3v) is 5.02. The van der Waals surface area contributed by atoms with Gasteiger partial charge in [-0.25, -0.2) is 0 Å². The van der Waals surface area contributed by atoms with Crippen LogP contribution in [0.2, 0.25) is 0 Å². The van der Waals surface area contributed by atoms with Crippen LogP contribution in [-0.4, -0.2) is 17.5 Å². The highest BCUT2D eigenvalue weighted by molar-refractivity contribution is 14.1. The van der Waals surface area contributed by atoms with Crippen molar-refractivity contribution < 1.29 is 9.53 Å². The number of carbonyl (C=O) groups is 1. The molecule has 0 aliphatic carbocycles. The number of fused-ring (bicyclic) bond motifs is 2. The Bertz CT molecular complexity index is 1020. The Morgan fingerprint density at radius 1 is 1.36 bits per heavy atom. The molecule has 1 aromatic heterocycles. The number of pyridine rings is 1. The van der Waals surface area contributed by atoms with Crippen LogP contribution < -0.4 is 15.8 Å². The Labute approximate surface area is 158 Å². The zero-order chi connectivity index (χ0) is 17.6. The number of aromatic nitrogens is 1. The van der Waals surface area contributed by atoms with Gasteiger partial charge in [0.2, 0.25) is 0 Å². The smallest absolute Gasteiger partial charge is 0.252 e. The van der Waals surface area contributed by atoms with Gasteiger partial charge in [0.05, 0.1) is 23.4 Å². The molecule has 126 valence electrons. The van der Waals surface area contributed by atoms with Crippen molar-refractivity contribution in [2.24, 2.45) is 5.73 Å². The first-order valence-electron chi connectivity index (χ1n) is 7.95. The van der Waals surface area contributed by atoms with Crippen LogP contribution in [0.25, 0.3) is 10.9 Å². The van der Waals surface area contributed by atoms with Gasteiger partial charge in [0, 0.05) is 32.8 Å². The fourth-order valence-corrected chi connectivity index (χ4v) is 4.01. The number of rotatable bonds is 3. The van der Waals surface area contributed by atoms with Crippen molar-refractivity contribution in [3.63, 3.8) is 0 Å². The first-order chi connectivity index (χ1) is 12.0. The molecule has 0 saturated carbocycles. The van der Waals surface area contributed by atoms with E-state index in [0.717, 1.165) is 43.5 Å². The molecule has 1 amide bonds. The van der Waals surface area contributed by atoms with Gasteiger partial charge in [0.25, 0.3) is 5.91 Å². The number of aryl methyl sites for hydroxylation is 1.